The molecule has 2 aromatic carbocycles. The van der Waals surface area contributed by atoms with Crippen molar-refractivity contribution in [1.82, 2.24) is 15.5 Å². The number of carbonyl (C=O) groups excluding carboxylic acids is 1. The summed E-state index contributed by atoms with van der Waals surface area (Å²) in [5, 5.41) is 17.8. The van der Waals surface area contributed by atoms with E-state index in [1.807, 2.05) is 36.4 Å². The highest BCUT2D eigenvalue weighted by Gasteiger charge is 2.34. The molecule has 31 heavy (non-hydrogen) atoms. The summed E-state index contributed by atoms with van der Waals surface area (Å²) in [6.45, 7) is 4.24. The van der Waals surface area contributed by atoms with E-state index in [1.165, 1.54) is 5.56 Å². The fraction of sp³-hybridized carbons (Fsp3) is 0.458. The lowest BCUT2D eigenvalue weighted by Crippen LogP contribution is -2.49. The number of hydrogen-bond donors (Lipinski definition) is 3. The summed E-state index contributed by atoms with van der Waals surface area (Å²) < 4.78 is 0. The van der Waals surface area contributed by atoms with Crippen molar-refractivity contribution in [1.29, 1.82) is 0 Å². The molecule has 2 fully saturated rings. The third-order valence-electron chi connectivity index (χ3n) is 6.36. The second kappa shape index (κ2) is 10.0. The monoisotopic (exact) mass is 442 g/mol. The van der Waals surface area contributed by atoms with Crippen LogP contribution in [0.4, 0.5) is 5.69 Å². The first kappa shape index (κ1) is 22.1. The van der Waals surface area contributed by atoms with Gasteiger partial charge in [-0.3, -0.25) is 9.69 Å². The molecule has 3 N–H and O–H groups in total. The van der Waals surface area contributed by atoms with Crippen LogP contribution in [0.3, 0.4) is 0 Å². The Labute approximate surface area is 189 Å². The highest BCUT2D eigenvalue weighted by atomic mass is 35.5. The van der Waals surface area contributed by atoms with Crippen molar-refractivity contribution in [2.45, 2.75) is 37.6 Å². The van der Waals surface area contributed by atoms with Crippen molar-refractivity contribution in [2.75, 3.05) is 38.1 Å². The van der Waals surface area contributed by atoms with Gasteiger partial charge in [-0.05, 0) is 55.8 Å². The van der Waals surface area contributed by atoms with Gasteiger partial charge < -0.3 is 20.6 Å². The molecule has 2 aliphatic rings. The molecule has 2 atom stereocenters. The second-order valence-corrected chi connectivity index (χ2v) is 8.96. The van der Waals surface area contributed by atoms with E-state index < -0.39 is 6.10 Å². The van der Waals surface area contributed by atoms with Crippen LogP contribution in [0.2, 0.25) is 5.02 Å². The molecule has 0 aromatic heterocycles. The lowest BCUT2D eigenvalue weighted by atomic mass is 10.0. The first-order chi connectivity index (χ1) is 15.0. The maximum absolute atomic E-state index is 12.2. The Morgan fingerprint density at radius 2 is 1.81 bits per heavy atom. The first-order valence-electron chi connectivity index (χ1n) is 11.0. The molecule has 6 nitrogen and oxygen atoms in total. The van der Waals surface area contributed by atoms with E-state index in [0.717, 1.165) is 43.2 Å². The molecule has 0 bridgehead atoms. The first-order valence-corrected chi connectivity index (χ1v) is 11.4. The Bertz CT molecular complexity index is 883. The van der Waals surface area contributed by atoms with Crippen LogP contribution in [0.5, 0.6) is 0 Å². The van der Waals surface area contributed by atoms with Gasteiger partial charge in [0.25, 0.3) is 5.91 Å². The molecule has 7 heteroatoms. The lowest BCUT2D eigenvalue weighted by molar-refractivity contribution is 0.0963. The highest BCUT2D eigenvalue weighted by molar-refractivity contribution is 6.30. The van der Waals surface area contributed by atoms with Crippen molar-refractivity contribution in [3.63, 3.8) is 0 Å². The smallest absolute Gasteiger partial charge is 0.253 e. The minimum atomic E-state index is -0.454. The molecule has 0 unspecified atom stereocenters. The molecule has 0 aliphatic carbocycles. The van der Waals surface area contributed by atoms with Crippen LogP contribution < -0.4 is 15.5 Å². The number of piperidine rings is 1. The van der Waals surface area contributed by atoms with Crippen molar-refractivity contribution >= 4 is 23.2 Å². The Kier molecular flexibility index (Phi) is 7.13. The van der Waals surface area contributed by atoms with Crippen LogP contribution in [-0.2, 0) is 6.54 Å². The van der Waals surface area contributed by atoms with Gasteiger partial charge in [0.2, 0.25) is 0 Å². The average Bonchev–Trinajstić information content (AvgIpc) is 3.16. The summed E-state index contributed by atoms with van der Waals surface area (Å²) in [4.78, 5) is 16.8. The van der Waals surface area contributed by atoms with Gasteiger partial charge in [0.15, 0.2) is 0 Å². The number of aliphatic hydroxyl groups excluding tert-OH is 1. The van der Waals surface area contributed by atoms with Gasteiger partial charge in [-0.1, -0.05) is 35.9 Å². The van der Waals surface area contributed by atoms with Crippen LogP contribution in [-0.4, -0.2) is 67.3 Å². The SMILES string of the molecule is CNC(=O)c1ccccc1N1C[C@H](NC2CCN(Cc3ccc(Cl)cc3)CC2)[C@@H](O)C1. The maximum Gasteiger partial charge on any atom is 0.253 e. The molecule has 1 amide bonds. The van der Waals surface area contributed by atoms with Crippen molar-refractivity contribution < 1.29 is 9.90 Å². The van der Waals surface area contributed by atoms with Crippen molar-refractivity contribution in [3.8, 4) is 0 Å². The van der Waals surface area contributed by atoms with Crippen molar-refractivity contribution in [3.05, 3.63) is 64.7 Å². The number of anilines is 1. The van der Waals surface area contributed by atoms with Gasteiger partial charge in [0.1, 0.15) is 0 Å². The summed E-state index contributed by atoms with van der Waals surface area (Å²) >= 11 is 5.98. The number of aliphatic hydroxyl groups is 1. The van der Waals surface area contributed by atoms with E-state index in [1.54, 1.807) is 7.05 Å². The molecule has 0 radical (unpaired) electrons. The second-order valence-electron chi connectivity index (χ2n) is 8.52. The van der Waals surface area contributed by atoms with Gasteiger partial charge in [-0.15, -0.1) is 0 Å². The Morgan fingerprint density at radius 1 is 1.10 bits per heavy atom. The number of nitrogens with one attached hydrogen (secondary N) is 2. The number of halogens is 1. The number of benzene rings is 2. The fourth-order valence-corrected chi connectivity index (χ4v) is 4.76. The number of carbonyl (C=O) groups is 1. The van der Waals surface area contributed by atoms with Crippen molar-refractivity contribution in [2.24, 2.45) is 0 Å². The zero-order chi connectivity index (χ0) is 21.8. The van der Waals surface area contributed by atoms with E-state index in [-0.39, 0.29) is 11.9 Å². The Balaban J connectivity index is 1.30. The molecule has 4 rings (SSSR count). The fourth-order valence-electron chi connectivity index (χ4n) is 4.63. The predicted octanol–water partition coefficient (Wildman–Crippen LogP) is 2.50. The zero-order valence-corrected chi connectivity index (χ0v) is 18.7. The molecular formula is C24H31ClN4O2. The van der Waals surface area contributed by atoms with Crippen LogP contribution in [0.25, 0.3) is 0 Å². The number of likely N-dealkylation sites (tertiary alicyclic amines) is 1. The molecule has 2 aliphatic heterocycles. The molecule has 2 heterocycles. The Morgan fingerprint density at radius 3 is 2.52 bits per heavy atom. The third kappa shape index (κ3) is 5.39. The van der Waals surface area contributed by atoms with Crippen LogP contribution in [0, 0.1) is 0 Å². The summed E-state index contributed by atoms with van der Waals surface area (Å²) in [5.41, 5.74) is 2.81. The van der Waals surface area contributed by atoms with Gasteiger partial charge in [-0.2, -0.15) is 0 Å². The molecule has 2 saturated heterocycles. The van der Waals surface area contributed by atoms with E-state index in [0.29, 0.717) is 24.7 Å². The van der Waals surface area contributed by atoms with Crippen LogP contribution >= 0.6 is 11.6 Å². The topological polar surface area (TPSA) is 67.8 Å². The van der Waals surface area contributed by atoms with Gasteiger partial charge >= 0.3 is 0 Å². The van der Waals surface area contributed by atoms with Gasteiger partial charge in [0.05, 0.1) is 17.7 Å². The summed E-state index contributed by atoms with van der Waals surface area (Å²) in [6, 6.07) is 16.1. The average molecular weight is 443 g/mol. The summed E-state index contributed by atoms with van der Waals surface area (Å²) in [6.07, 6.45) is 1.67. The minimum absolute atomic E-state index is 0.00515. The number of nitrogens with zero attached hydrogens (tertiary/aromatic N) is 2. The standard InChI is InChI=1S/C24H31ClN4O2/c1-26-24(31)20-4-2-3-5-22(20)29-15-21(23(30)16-29)27-19-10-12-28(13-11-19)14-17-6-8-18(25)9-7-17/h2-9,19,21,23,27,30H,10-16H2,1H3,(H,26,31)/t21-,23-/m0/s1. The largest absolute Gasteiger partial charge is 0.390 e. The number of hydrogen-bond acceptors (Lipinski definition) is 5. The van der Waals surface area contributed by atoms with E-state index >= 15 is 0 Å². The number of amides is 1. The molecule has 166 valence electrons. The van der Waals surface area contributed by atoms with Gasteiger partial charge in [-0.25, -0.2) is 0 Å². The molecular weight excluding hydrogens is 412 g/mol. The molecule has 0 saturated carbocycles. The van der Waals surface area contributed by atoms with Crippen LogP contribution in [0.1, 0.15) is 28.8 Å². The Hall–Kier alpha value is -2.12. The number of para-hydroxylation sites is 1. The summed E-state index contributed by atoms with van der Waals surface area (Å²) in [5.74, 6) is -0.102. The van der Waals surface area contributed by atoms with E-state index in [9.17, 15) is 9.90 Å². The number of rotatable bonds is 6. The highest BCUT2D eigenvalue weighted by Crippen LogP contribution is 2.26. The molecule has 2 aromatic rings. The third-order valence-corrected chi connectivity index (χ3v) is 6.61. The van der Waals surface area contributed by atoms with E-state index in [2.05, 4.69) is 32.6 Å². The zero-order valence-electron chi connectivity index (χ0n) is 17.9. The normalized spacial score (nSPS) is 22.6. The van der Waals surface area contributed by atoms with Crippen LogP contribution in [0.15, 0.2) is 48.5 Å². The van der Waals surface area contributed by atoms with E-state index in [4.69, 9.17) is 11.6 Å². The predicted molar refractivity (Wildman–Crippen MR) is 125 cm³/mol. The maximum atomic E-state index is 12.2. The molecule has 0 spiro atoms. The summed E-state index contributed by atoms with van der Waals surface area (Å²) in [7, 11) is 1.64. The lowest BCUT2D eigenvalue weighted by Gasteiger charge is -2.34. The minimum Gasteiger partial charge on any atom is -0.390 e. The number of β-amino-alcohol motifs (C(OH)–C–C–N with tert-alkyl or cyclic N) is 1. The van der Waals surface area contributed by atoms with Gasteiger partial charge in [0, 0.05) is 43.4 Å². The quantitative estimate of drug-likeness (QED) is 0.641.